The number of amides is 3. The van der Waals surface area contributed by atoms with Crippen LogP contribution in [-0.4, -0.2) is 57.8 Å². The predicted octanol–water partition coefficient (Wildman–Crippen LogP) is 1.28. The number of anilines is 1. The number of urea groups is 1. The van der Waals surface area contributed by atoms with Gasteiger partial charge < -0.3 is 10.2 Å². The van der Waals surface area contributed by atoms with Crippen LogP contribution >= 0.6 is 0 Å². The number of nitrogens with zero attached hydrogens (tertiary/aromatic N) is 5. The van der Waals surface area contributed by atoms with Gasteiger partial charge in [-0.25, -0.2) is 14.5 Å². The Labute approximate surface area is 145 Å². The molecule has 0 aliphatic carbocycles. The lowest BCUT2D eigenvalue weighted by Gasteiger charge is -2.32. The molecule has 130 valence electrons. The van der Waals surface area contributed by atoms with E-state index < -0.39 is 0 Å². The van der Waals surface area contributed by atoms with Crippen LogP contribution in [0.4, 0.5) is 10.5 Å². The van der Waals surface area contributed by atoms with Gasteiger partial charge in [0.25, 0.3) is 5.91 Å². The molecule has 2 aliphatic rings. The molecular formula is C17H20N6O2. The number of benzene rings is 1. The molecule has 0 spiro atoms. The molecule has 0 radical (unpaired) electrons. The van der Waals surface area contributed by atoms with E-state index in [1.54, 1.807) is 23.4 Å². The fourth-order valence-corrected chi connectivity index (χ4v) is 3.45. The van der Waals surface area contributed by atoms with E-state index in [2.05, 4.69) is 15.4 Å². The highest BCUT2D eigenvalue weighted by atomic mass is 16.2. The summed E-state index contributed by atoms with van der Waals surface area (Å²) in [5.74, 6) is 0.0160. The fourth-order valence-electron chi connectivity index (χ4n) is 3.45. The Morgan fingerprint density at radius 3 is 2.72 bits per heavy atom. The van der Waals surface area contributed by atoms with E-state index in [1.165, 1.54) is 6.33 Å². The van der Waals surface area contributed by atoms with Gasteiger partial charge in [0.05, 0.1) is 6.04 Å². The zero-order chi connectivity index (χ0) is 17.2. The summed E-state index contributed by atoms with van der Waals surface area (Å²) in [5.41, 5.74) is 1.45. The number of hydrogen-bond donors (Lipinski definition) is 1. The summed E-state index contributed by atoms with van der Waals surface area (Å²) in [5, 5.41) is 6.97. The molecule has 2 aliphatic heterocycles. The summed E-state index contributed by atoms with van der Waals surface area (Å²) in [6.45, 7) is 2.69. The Morgan fingerprint density at radius 2 is 2.04 bits per heavy atom. The van der Waals surface area contributed by atoms with Crippen LogP contribution in [0.15, 0.2) is 36.9 Å². The maximum Gasteiger partial charge on any atom is 0.321 e. The summed E-state index contributed by atoms with van der Waals surface area (Å²) in [7, 11) is 0. The van der Waals surface area contributed by atoms with Gasteiger partial charge in [-0.15, -0.1) is 0 Å². The number of carbonyl (C=O) groups is 2. The highest BCUT2D eigenvalue weighted by Crippen LogP contribution is 2.23. The molecule has 1 aromatic carbocycles. The van der Waals surface area contributed by atoms with E-state index in [4.69, 9.17) is 0 Å². The molecule has 2 fully saturated rings. The van der Waals surface area contributed by atoms with Crippen LogP contribution in [0.3, 0.4) is 0 Å². The van der Waals surface area contributed by atoms with E-state index in [1.807, 2.05) is 21.7 Å². The molecule has 0 bridgehead atoms. The van der Waals surface area contributed by atoms with Gasteiger partial charge in [0.2, 0.25) is 0 Å². The van der Waals surface area contributed by atoms with Crippen molar-refractivity contribution in [2.75, 3.05) is 31.1 Å². The van der Waals surface area contributed by atoms with Gasteiger partial charge in [0.15, 0.2) is 0 Å². The van der Waals surface area contributed by atoms with Crippen LogP contribution in [0.2, 0.25) is 0 Å². The zero-order valence-electron chi connectivity index (χ0n) is 13.8. The second-order valence-electron chi connectivity index (χ2n) is 6.35. The molecule has 25 heavy (non-hydrogen) atoms. The minimum Gasteiger partial charge on any atom is -0.337 e. The maximum absolute atomic E-state index is 12.8. The van der Waals surface area contributed by atoms with Gasteiger partial charge in [-0.2, -0.15) is 5.10 Å². The number of piperidine rings is 1. The van der Waals surface area contributed by atoms with Gasteiger partial charge in [-0.1, -0.05) is 0 Å². The van der Waals surface area contributed by atoms with Gasteiger partial charge in [0, 0.05) is 37.4 Å². The molecule has 1 atom stereocenters. The van der Waals surface area contributed by atoms with Crippen LogP contribution in [0.5, 0.6) is 0 Å². The molecule has 0 saturated carbocycles. The summed E-state index contributed by atoms with van der Waals surface area (Å²) in [4.78, 5) is 32.1. The van der Waals surface area contributed by atoms with Crippen molar-refractivity contribution >= 4 is 17.6 Å². The van der Waals surface area contributed by atoms with Gasteiger partial charge in [0.1, 0.15) is 12.7 Å². The van der Waals surface area contributed by atoms with Crippen molar-refractivity contribution in [3.63, 3.8) is 0 Å². The summed E-state index contributed by atoms with van der Waals surface area (Å²) in [6, 6.07) is 7.33. The fraction of sp³-hybridized carbons (Fsp3) is 0.412. The van der Waals surface area contributed by atoms with Crippen LogP contribution in [-0.2, 0) is 0 Å². The lowest BCUT2D eigenvalue weighted by Crippen LogP contribution is -2.40. The molecule has 3 amide bonds. The molecular weight excluding hydrogens is 320 g/mol. The van der Waals surface area contributed by atoms with E-state index >= 15 is 0 Å². The molecule has 1 aromatic heterocycles. The zero-order valence-corrected chi connectivity index (χ0v) is 13.8. The molecule has 4 rings (SSSR count). The lowest BCUT2D eigenvalue weighted by atomic mass is 10.0. The van der Waals surface area contributed by atoms with Crippen molar-refractivity contribution in [2.24, 2.45) is 0 Å². The highest BCUT2D eigenvalue weighted by molar-refractivity contribution is 5.97. The van der Waals surface area contributed by atoms with Crippen molar-refractivity contribution in [2.45, 2.75) is 18.9 Å². The minimum atomic E-state index is -0.0919. The van der Waals surface area contributed by atoms with Crippen LogP contribution in [0.1, 0.15) is 29.2 Å². The summed E-state index contributed by atoms with van der Waals surface area (Å²) < 4.78 is 1.83. The highest BCUT2D eigenvalue weighted by Gasteiger charge is 2.26. The first-order valence-corrected chi connectivity index (χ1v) is 8.51. The second-order valence-corrected chi connectivity index (χ2v) is 6.35. The molecule has 8 heteroatoms. The third kappa shape index (κ3) is 3.07. The second kappa shape index (κ2) is 6.54. The largest absolute Gasteiger partial charge is 0.337 e. The normalized spacial score (nSPS) is 20.6. The number of hydrogen-bond acceptors (Lipinski definition) is 4. The van der Waals surface area contributed by atoms with Gasteiger partial charge >= 0.3 is 6.03 Å². The van der Waals surface area contributed by atoms with Crippen molar-refractivity contribution in [1.82, 2.24) is 25.0 Å². The number of likely N-dealkylation sites (tertiary alicyclic amines) is 1. The standard InChI is InChI=1S/C17H20N6O2/c24-16(21-8-1-2-15(10-21)23-12-18-11-20-23)13-3-5-14(6-4-13)22-9-7-19-17(22)25/h3-6,11-12,15H,1-2,7-10H2,(H,19,25)/t15-/m1/s1. The summed E-state index contributed by atoms with van der Waals surface area (Å²) >= 11 is 0. The Kier molecular flexibility index (Phi) is 4.09. The van der Waals surface area contributed by atoms with E-state index in [0.717, 1.165) is 25.1 Å². The van der Waals surface area contributed by atoms with Crippen molar-refractivity contribution in [1.29, 1.82) is 0 Å². The van der Waals surface area contributed by atoms with Crippen molar-refractivity contribution in [3.05, 3.63) is 42.5 Å². The third-order valence-electron chi connectivity index (χ3n) is 4.78. The summed E-state index contributed by atoms with van der Waals surface area (Å²) in [6.07, 6.45) is 5.17. The molecule has 1 N–H and O–H groups in total. The number of carbonyl (C=O) groups excluding carboxylic acids is 2. The average Bonchev–Trinajstić information content (AvgIpc) is 3.33. The van der Waals surface area contributed by atoms with E-state index in [0.29, 0.717) is 25.2 Å². The first-order valence-electron chi connectivity index (χ1n) is 8.51. The van der Waals surface area contributed by atoms with Crippen LogP contribution in [0, 0.1) is 0 Å². The van der Waals surface area contributed by atoms with Crippen molar-refractivity contribution < 1.29 is 9.59 Å². The Hall–Kier alpha value is -2.90. The molecule has 8 nitrogen and oxygen atoms in total. The SMILES string of the molecule is O=C(c1ccc(N2CCNC2=O)cc1)N1CCC[C@@H](n2cncn2)C1. The maximum atomic E-state index is 12.8. The Bertz CT molecular complexity index is 758. The predicted molar refractivity (Wildman–Crippen MR) is 91.4 cm³/mol. The molecule has 2 aromatic rings. The average molecular weight is 340 g/mol. The number of nitrogens with one attached hydrogen (secondary N) is 1. The lowest BCUT2D eigenvalue weighted by molar-refractivity contribution is 0.0673. The molecule has 0 unspecified atom stereocenters. The first-order chi connectivity index (χ1) is 12.2. The number of aromatic nitrogens is 3. The number of rotatable bonds is 3. The first kappa shape index (κ1) is 15.6. The Balaban J connectivity index is 1.46. The third-order valence-corrected chi connectivity index (χ3v) is 4.78. The topological polar surface area (TPSA) is 83.4 Å². The molecule has 2 saturated heterocycles. The van der Waals surface area contributed by atoms with Crippen molar-refractivity contribution in [3.8, 4) is 0 Å². The van der Waals surface area contributed by atoms with Crippen LogP contribution < -0.4 is 10.2 Å². The minimum absolute atomic E-state index is 0.0160. The van der Waals surface area contributed by atoms with Crippen LogP contribution in [0.25, 0.3) is 0 Å². The molecule has 3 heterocycles. The van der Waals surface area contributed by atoms with Gasteiger partial charge in [-0.05, 0) is 37.1 Å². The smallest absolute Gasteiger partial charge is 0.321 e. The monoisotopic (exact) mass is 340 g/mol. The van der Waals surface area contributed by atoms with E-state index in [9.17, 15) is 9.59 Å². The Morgan fingerprint density at radius 1 is 1.20 bits per heavy atom. The quantitative estimate of drug-likeness (QED) is 0.912. The van der Waals surface area contributed by atoms with E-state index in [-0.39, 0.29) is 18.0 Å². The van der Waals surface area contributed by atoms with Gasteiger partial charge in [-0.3, -0.25) is 9.69 Å².